The van der Waals surface area contributed by atoms with E-state index in [0.29, 0.717) is 5.92 Å². The van der Waals surface area contributed by atoms with E-state index in [1.807, 2.05) is 13.1 Å². The Kier molecular flexibility index (Phi) is 2.87. The van der Waals surface area contributed by atoms with Gasteiger partial charge in [0.2, 0.25) is 0 Å². The first-order chi connectivity index (χ1) is 6.79. The number of hydrogen-bond acceptors (Lipinski definition) is 3. The van der Waals surface area contributed by atoms with Gasteiger partial charge in [-0.25, -0.2) is 0 Å². The van der Waals surface area contributed by atoms with Crippen LogP contribution in [0.1, 0.15) is 37.0 Å². The molecule has 14 heavy (non-hydrogen) atoms. The fourth-order valence-corrected chi connectivity index (χ4v) is 2.34. The Morgan fingerprint density at radius 3 is 2.79 bits per heavy atom. The second kappa shape index (κ2) is 4.13. The lowest BCUT2D eigenvalue weighted by molar-refractivity contribution is 0.326. The van der Waals surface area contributed by atoms with Crippen molar-refractivity contribution in [3.8, 4) is 0 Å². The van der Waals surface area contributed by atoms with Gasteiger partial charge in [0.1, 0.15) is 5.76 Å². The third-order valence-electron chi connectivity index (χ3n) is 3.37. The van der Waals surface area contributed by atoms with E-state index in [1.165, 1.54) is 18.4 Å². The quantitative estimate of drug-likeness (QED) is 0.783. The van der Waals surface area contributed by atoms with Gasteiger partial charge in [-0.15, -0.1) is 0 Å². The molecular formula is C11H18N2O. The largest absolute Gasteiger partial charge is 0.361 e. The number of hydrogen-bond donors (Lipinski definition) is 1. The molecule has 1 aromatic rings. The third kappa shape index (κ3) is 1.82. The lowest BCUT2D eigenvalue weighted by atomic mass is 9.82. The van der Waals surface area contributed by atoms with Crippen LogP contribution in [0.2, 0.25) is 0 Å². The van der Waals surface area contributed by atoms with Crippen molar-refractivity contribution < 1.29 is 4.52 Å². The summed E-state index contributed by atoms with van der Waals surface area (Å²) in [5.74, 6) is 2.36. The van der Waals surface area contributed by atoms with Crippen LogP contribution in [0.25, 0.3) is 0 Å². The van der Waals surface area contributed by atoms with E-state index < -0.39 is 0 Å². The van der Waals surface area contributed by atoms with Crippen LogP contribution in [0.3, 0.4) is 0 Å². The van der Waals surface area contributed by atoms with Crippen molar-refractivity contribution in [2.24, 2.45) is 5.92 Å². The molecule has 1 atom stereocenters. The summed E-state index contributed by atoms with van der Waals surface area (Å²) in [7, 11) is 0. The monoisotopic (exact) mass is 194 g/mol. The fourth-order valence-electron chi connectivity index (χ4n) is 2.34. The first-order valence-corrected chi connectivity index (χ1v) is 5.41. The number of nitrogens with zero attached hydrogens (tertiary/aromatic N) is 1. The van der Waals surface area contributed by atoms with E-state index in [1.54, 1.807) is 0 Å². The number of aromatic nitrogens is 1. The van der Waals surface area contributed by atoms with Crippen LogP contribution in [0.5, 0.6) is 0 Å². The minimum Gasteiger partial charge on any atom is -0.361 e. The minimum atomic E-state index is 0.586. The molecule has 1 N–H and O–H groups in total. The molecular weight excluding hydrogens is 176 g/mol. The van der Waals surface area contributed by atoms with Crippen LogP contribution >= 0.6 is 0 Å². The van der Waals surface area contributed by atoms with E-state index >= 15 is 0 Å². The van der Waals surface area contributed by atoms with E-state index in [2.05, 4.69) is 17.4 Å². The maximum atomic E-state index is 5.11. The molecule has 1 aliphatic rings. The average Bonchev–Trinajstić information content (AvgIpc) is 2.65. The molecule has 0 radical (unpaired) electrons. The Morgan fingerprint density at radius 2 is 2.21 bits per heavy atom. The molecule has 2 heterocycles. The van der Waals surface area contributed by atoms with Gasteiger partial charge in [0, 0.05) is 5.56 Å². The molecule has 1 unspecified atom stereocenters. The number of rotatable bonds is 2. The molecule has 0 spiro atoms. The summed E-state index contributed by atoms with van der Waals surface area (Å²) in [5.41, 5.74) is 1.29. The molecule has 3 heteroatoms. The molecule has 0 amide bonds. The highest BCUT2D eigenvalue weighted by atomic mass is 16.5. The summed E-state index contributed by atoms with van der Waals surface area (Å²) in [6, 6.07) is 0. The summed E-state index contributed by atoms with van der Waals surface area (Å²) in [5, 5.41) is 7.24. The van der Waals surface area contributed by atoms with E-state index in [0.717, 1.165) is 24.8 Å². The molecule has 0 aromatic carbocycles. The number of aryl methyl sites for hydroxylation is 1. The predicted molar refractivity (Wildman–Crippen MR) is 55.2 cm³/mol. The lowest BCUT2D eigenvalue weighted by Crippen LogP contribution is -2.30. The topological polar surface area (TPSA) is 38.1 Å². The number of piperidine rings is 1. The van der Waals surface area contributed by atoms with Gasteiger partial charge in [-0.2, -0.15) is 0 Å². The maximum absolute atomic E-state index is 5.11. The zero-order valence-electron chi connectivity index (χ0n) is 8.92. The van der Waals surface area contributed by atoms with Gasteiger partial charge in [0.25, 0.3) is 0 Å². The molecule has 3 nitrogen and oxygen atoms in total. The molecule has 1 aromatic heterocycles. The molecule has 0 aliphatic carbocycles. The Bertz CT molecular complexity index is 289. The van der Waals surface area contributed by atoms with Crippen molar-refractivity contribution in [1.29, 1.82) is 0 Å². The molecule has 78 valence electrons. The van der Waals surface area contributed by atoms with Gasteiger partial charge < -0.3 is 9.84 Å². The van der Waals surface area contributed by atoms with E-state index in [9.17, 15) is 0 Å². The smallest absolute Gasteiger partial charge is 0.137 e. The summed E-state index contributed by atoms with van der Waals surface area (Å²) >= 11 is 0. The molecule has 1 saturated heterocycles. The first kappa shape index (κ1) is 9.71. The first-order valence-electron chi connectivity index (χ1n) is 5.41. The Morgan fingerprint density at radius 1 is 1.50 bits per heavy atom. The van der Waals surface area contributed by atoms with Crippen molar-refractivity contribution in [2.45, 2.75) is 32.6 Å². The Balaban J connectivity index is 2.07. The van der Waals surface area contributed by atoms with Gasteiger partial charge in [-0.1, -0.05) is 12.1 Å². The molecule has 0 bridgehead atoms. The Labute approximate surface area is 84.9 Å². The van der Waals surface area contributed by atoms with Crippen molar-refractivity contribution in [1.82, 2.24) is 10.5 Å². The molecule has 0 saturated carbocycles. The van der Waals surface area contributed by atoms with Crippen LogP contribution in [0.4, 0.5) is 0 Å². The third-order valence-corrected chi connectivity index (χ3v) is 3.37. The highest BCUT2D eigenvalue weighted by Gasteiger charge is 2.23. The zero-order chi connectivity index (χ0) is 9.97. The highest BCUT2D eigenvalue weighted by Crippen LogP contribution is 2.31. The molecule has 1 fully saturated rings. The van der Waals surface area contributed by atoms with Crippen LogP contribution in [-0.4, -0.2) is 18.2 Å². The molecule has 2 rings (SSSR count). The van der Waals surface area contributed by atoms with Gasteiger partial charge in [0.15, 0.2) is 0 Å². The molecule has 1 aliphatic heterocycles. The van der Waals surface area contributed by atoms with Gasteiger partial charge in [-0.05, 0) is 44.7 Å². The Hall–Kier alpha value is -0.830. The van der Waals surface area contributed by atoms with Gasteiger partial charge in [0.05, 0.1) is 6.20 Å². The average molecular weight is 194 g/mol. The van der Waals surface area contributed by atoms with E-state index in [4.69, 9.17) is 4.52 Å². The summed E-state index contributed by atoms with van der Waals surface area (Å²) < 4.78 is 5.11. The van der Waals surface area contributed by atoms with E-state index in [-0.39, 0.29) is 0 Å². The van der Waals surface area contributed by atoms with Crippen molar-refractivity contribution >= 4 is 0 Å². The van der Waals surface area contributed by atoms with Crippen molar-refractivity contribution in [3.63, 3.8) is 0 Å². The minimum absolute atomic E-state index is 0.586. The van der Waals surface area contributed by atoms with Gasteiger partial charge in [-0.3, -0.25) is 0 Å². The van der Waals surface area contributed by atoms with Crippen LogP contribution in [0, 0.1) is 12.8 Å². The van der Waals surface area contributed by atoms with Crippen LogP contribution < -0.4 is 5.32 Å². The summed E-state index contributed by atoms with van der Waals surface area (Å²) in [4.78, 5) is 0. The van der Waals surface area contributed by atoms with Crippen LogP contribution in [0.15, 0.2) is 10.7 Å². The fraction of sp³-hybridized carbons (Fsp3) is 0.727. The van der Waals surface area contributed by atoms with Crippen molar-refractivity contribution in [3.05, 3.63) is 17.5 Å². The predicted octanol–water partition coefficient (Wildman–Crippen LogP) is 2.09. The normalized spacial score (nSPS) is 21.0. The zero-order valence-corrected chi connectivity index (χ0v) is 8.92. The lowest BCUT2D eigenvalue weighted by Gasteiger charge is -2.27. The summed E-state index contributed by atoms with van der Waals surface area (Å²) in [6.45, 7) is 6.59. The number of nitrogens with one attached hydrogen (secondary N) is 1. The standard InChI is InChI=1S/C11H18N2O/c1-8(10-3-5-12-6-4-10)11-7-13-14-9(11)2/h7-8,10,12H,3-6H2,1-2H3. The second-order valence-corrected chi connectivity index (χ2v) is 4.21. The summed E-state index contributed by atoms with van der Waals surface area (Å²) in [6.07, 6.45) is 4.42. The van der Waals surface area contributed by atoms with Gasteiger partial charge >= 0.3 is 0 Å². The maximum Gasteiger partial charge on any atom is 0.137 e. The SMILES string of the molecule is Cc1oncc1C(C)C1CCNCC1. The van der Waals surface area contributed by atoms with Crippen LogP contribution in [-0.2, 0) is 0 Å². The second-order valence-electron chi connectivity index (χ2n) is 4.21. The van der Waals surface area contributed by atoms with Crippen molar-refractivity contribution in [2.75, 3.05) is 13.1 Å². The highest BCUT2D eigenvalue weighted by molar-refractivity contribution is 5.17.